The first-order chi connectivity index (χ1) is 18.6. The number of nitrogens with one attached hydrogen (secondary N) is 1. The second-order valence-electron chi connectivity index (χ2n) is 8.83. The van der Waals surface area contributed by atoms with E-state index in [1.807, 2.05) is 0 Å². The van der Waals surface area contributed by atoms with Crippen LogP contribution in [0.1, 0.15) is 34.6 Å². The lowest BCUT2D eigenvalue weighted by molar-refractivity contribution is -0.250. The maximum atomic E-state index is 14.7. The summed E-state index contributed by atoms with van der Waals surface area (Å²) in [5.41, 5.74) is -7.55. The second-order valence-corrected chi connectivity index (χ2v) is 10.2. The van der Waals surface area contributed by atoms with Crippen molar-refractivity contribution in [3.05, 3.63) is 76.1 Å². The third-order valence-electron chi connectivity index (χ3n) is 6.38. The van der Waals surface area contributed by atoms with Gasteiger partial charge in [0, 0.05) is 34.6 Å². The van der Waals surface area contributed by atoms with Crippen LogP contribution in [0.25, 0.3) is 0 Å². The molecule has 0 radical (unpaired) electrons. The monoisotopic (exact) mass is 653 g/mol. The van der Waals surface area contributed by atoms with Gasteiger partial charge in [-0.15, -0.1) is 11.6 Å². The number of benzene rings is 1. The van der Waals surface area contributed by atoms with Crippen LogP contribution in [0.4, 0.5) is 32.0 Å². The molecular formula is C26H23BrClF6N3O3. The van der Waals surface area contributed by atoms with Gasteiger partial charge < -0.3 is 15.0 Å². The number of amides is 2. The van der Waals surface area contributed by atoms with E-state index in [1.165, 1.54) is 55.6 Å². The number of allylic oxidation sites excluding steroid dienone is 2. The molecule has 3 atom stereocenters. The number of hydrogen-bond donors (Lipinski definition) is 1. The molecule has 1 aliphatic rings. The number of nitrogens with zero attached hydrogens (tertiary/aromatic N) is 2. The van der Waals surface area contributed by atoms with Crippen LogP contribution in [0.3, 0.4) is 0 Å². The first-order valence-electron chi connectivity index (χ1n) is 11.6. The first-order valence-corrected chi connectivity index (χ1v) is 12.9. The van der Waals surface area contributed by atoms with Gasteiger partial charge in [-0.3, -0.25) is 14.6 Å². The fourth-order valence-electron chi connectivity index (χ4n) is 4.07. The van der Waals surface area contributed by atoms with Crippen LogP contribution >= 0.6 is 27.5 Å². The van der Waals surface area contributed by atoms with Crippen LogP contribution in [-0.2, 0) is 0 Å². The quantitative estimate of drug-likeness (QED) is 0.257. The van der Waals surface area contributed by atoms with Crippen molar-refractivity contribution in [2.45, 2.75) is 43.0 Å². The Morgan fingerprint density at radius 2 is 1.82 bits per heavy atom. The molecule has 1 aromatic carbocycles. The number of alkyl halides is 7. The van der Waals surface area contributed by atoms with Gasteiger partial charge in [0.05, 0.1) is 29.3 Å². The largest absolute Gasteiger partial charge is 0.494 e. The summed E-state index contributed by atoms with van der Waals surface area (Å²) in [6.07, 6.45) is -6.45. The maximum absolute atomic E-state index is 14.7. The SMILES string of the molecule is CCN(C(=O)c1ccncc1)c1cccc(C(=O)NC2(C)C(Br)=CC(C(F)(C(F)F)C(F)(F)F)=CC2Cl)c1OC. The molecule has 1 heterocycles. The van der Waals surface area contributed by atoms with Gasteiger partial charge in [0.25, 0.3) is 23.9 Å². The van der Waals surface area contributed by atoms with Crippen molar-refractivity contribution in [1.29, 1.82) is 0 Å². The summed E-state index contributed by atoms with van der Waals surface area (Å²) < 4.78 is 86.3. The van der Waals surface area contributed by atoms with Crippen LogP contribution in [0.5, 0.6) is 5.75 Å². The van der Waals surface area contributed by atoms with E-state index in [2.05, 4.69) is 26.2 Å². The maximum Gasteiger partial charge on any atom is 0.432 e. The van der Waals surface area contributed by atoms with E-state index in [1.54, 1.807) is 13.0 Å². The molecule has 40 heavy (non-hydrogen) atoms. The number of aromatic nitrogens is 1. The zero-order chi connectivity index (χ0) is 30.0. The lowest BCUT2D eigenvalue weighted by atomic mass is 9.83. The summed E-state index contributed by atoms with van der Waals surface area (Å²) in [5.74, 6) is -1.22. The zero-order valence-corrected chi connectivity index (χ0v) is 23.5. The van der Waals surface area contributed by atoms with Crippen molar-refractivity contribution in [1.82, 2.24) is 10.3 Å². The van der Waals surface area contributed by atoms with Gasteiger partial charge in [0.2, 0.25) is 0 Å². The van der Waals surface area contributed by atoms with Crippen molar-refractivity contribution in [2.24, 2.45) is 0 Å². The van der Waals surface area contributed by atoms with Crippen molar-refractivity contribution < 1.29 is 40.7 Å². The van der Waals surface area contributed by atoms with E-state index >= 15 is 0 Å². The molecule has 2 aromatic rings. The summed E-state index contributed by atoms with van der Waals surface area (Å²) >= 11 is 9.25. The topological polar surface area (TPSA) is 71.5 Å². The summed E-state index contributed by atoms with van der Waals surface area (Å²) in [6, 6.07) is 7.46. The fourth-order valence-corrected chi connectivity index (χ4v) is 5.10. The van der Waals surface area contributed by atoms with E-state index in [9.17, 15) is 35.9 Å². The normalized spacial score (nSPS) is 20.8. The third-order valence-corrected chi connectivity index (χ3v) is 8.00. The molecular weight excluding hydrogens is 632 g/mol. The van der Waals surface area contributed by atoms with Crippen LogP contribution in [0.2, 0.25) is 0 Å². The Bertz CT molecular complexity index is 1340. The minimum absolute atomic E-state index is 0.00340. The molecule has 0 aliphatic heterocycles. The highest BCUT2D eigenvalue weighted by molar-refractivity contribution is 9.11. The van der Waals surface area contributed by atoms with Gasteiger partial charge in [0.15, 0.2) is 5.75 Å². The Balaban J connectivity index is 1.98. The van der Waals surface area contributed by atoms with Crippen molar-refractivity contribution in [3.8, 4) is 5.75 Å². The van der Waals surface area contributed by atoms with Crippen LogP contribution < -0.4 is 15.0 Å². The molecule has 3 unspecified atom stereocenters. The minimum Gasteiger partial charge on any atom is -0.494 e. The standard InChI is InChI=1S/C26H23BrClF6N3O3/c1-4-37(22(39)14-8-10-35-11-9-14)17-7-5-6-16(20(17)40-3)21(38)36-24(2)18(27)12-15(13-19(24)28)25(31,23(29)30)26(32,33)34/h5-13,19,23H,4H2,1-3H3,(H,36,38). The summed E-state index contributed by atoms with van der Waals surface area (Å²) in [7, 11) is 1.28. The van der Waals surface area contributed by atoms with Crippen LogP contribution in [0, 0.1) is 0 Å². The van der Waals surface area contributed by atoms with Crippen molar-refractivity contribution >= 4 is 45.0 Å². The molecule has 0 fully saturated rings. The first kappa shape index (κ1) is 31.5. The molecule has 1 N–H and O–H groups in total. The Hall–Kier alpha value is -3.06. The van der Waals surface area contributed by atoms with E-state index in [0.29, 0.717) is 17.7 Å². The number of para-hydroxylation sites is 1. The van der Waals surface area contributed by atoms with Crippen molar-refractivity contribution in [3.63, 3.8) is 0 Å². The Kier molecular flexibility index (Phi) is 9.29. The number of halogens is 8. The highest BCUT2D eigenvalue weighted by Crippen LogP contribution is 2.49. The predicted molar refractivity (Wildman–Crippen MR) is 141 cm³/mol. The van der Waals surface area contributed by atoms with Gasteiger partial charge in [-0.05, 0) is 44.2 Å². The number of ether oxygens (including phenoxy) is 1. The van der Waals surface area contributed by atoms with Gasteiger partial charge in [-0.1, -0.05) is 28.1 Å². The molecule has 14 heteroatoms. The zero-order valence-electron chi connectivity index (χ0n) is 21.2. The molecule has 0 spiro atoms. The number of pyridine rings is 1. The number of methoxy groups -OCH3 is 1. The summed E-state index contributed by atoms with van der Waals surface area (Å²) in [6.45, 7) is 3.22. The summed E-state index contributed by atoms with van der Waals surface area (Å²) in [4.78, 5) is 31.8. The molecule has 2 amide bonds. The molecule has 0 saturated carbocycles. The predicted octanol–water partition coefficient (Wildman–Crippen LogP) is 6.61. The van der Waals surface area contributed by atoms with E-state index in [4.69, 9.17) is 16.3 Å². The van der Waals surface area contributed by atoms with Crippen LogP contribution in [-0.4, -0.2) is 59.6 Å². The number of rotatable bonds is 8. The highest BCUT2D eigenvalue weighted by Gasteiger charge is 2.65. The smallest absolute Gasteiger partial charge is 0.432 e. The fraction of sp³-hybridized carbons (Fsp3) is 0.346. The molecule has 3 rings (SSSR count). The number of anilines is 1. The van der Waals surface area contributed by atoms with E-state index < -0.39 is 46.6 Å². The second kappa shape index (κ2) is 11.8. The van der Waals surface area contributed by atoms with Gasteiger partial charge in [-0.2, -0.15) is 13.2 Å². The lowest BCUT2D eigenvalue weighted by Crippen LogP contribution is -2.56. The van der Waals surface area contributed by atoms with E-state index in [-0.39, 0.29) is 28.0 Å². The summed E-state index contributed by atoms with van der Waals surface area (Å²) in [5, 5.41) is 0.971. The van der Waals surface area contributed by atoms with E-state index in [0.717, 1.165) is 0 Å². The number of carbonyl (C=O) groups is 2. The Labute approximate surface area is 239 Å². The molecule has 216 valence electrons. The molecule has 0 bridgehead atoms. The number of carbonyl (C=O) groups excluding carboxylic acids is 2. The average molecular weight is 655 g/mol. The van der Waals surface area contributed by atoms with Gasteiger partial charge in [-0.25, -0.2) is 13.2 Å². The van der Waals surface area contributed by atoms with Crippen LogP contribution in [0.15, 0.2) is 64.9 Å². The molecule has 1 aliphatic carbocycles. The molecule has 1 aromatic heterocycles. The van der Waals surface area contributed by atoms with Gasteiger partial charge >= 0.3 is 6.18 Å². The third kappa shape index (κ3) is 5.58. The number of hydrogen-bond acceptors (Lipinski definition) is 4. The highest BCUT2D eigenvalue weighted by atomic mass is 79.9. The Morgan fingerprint density at radius 1 is 1.20 bits per heavy atom. The lowest BCUT2D eigenvalue weighted by Gasteiger charge is -2.39. The van der Waals surface area contributed by atoms with Crippen molar-refractivity contribution in [2.75, 3.05) is 18.6 Å². The molecule has 0 saturated heterocycles. The minimum atomic E-state index is -5.93. The average Bonchev–Trinajstić information content (AvgIpc) is 2.91. The van der Waals surface area contributed by atoms with Gasteiger partial charge in [0.1, 0.15) is 0 Å². The molecule has 6 nitrogen and oxygen atoms in total. The Morgan fingerprint density at radius 3 is 2.33 bits per heavy atom.